The van der Waals surface area contributed by atoms with E-state index in [1.807, 2.05) is 0 Å². The number of halogens is 1. The summed E-state index contributed by atoms with van der Waals surface area (Å²) in [6.07, 6.45) is 2.40. The van der Waals surface area contributed by atoms with Crippen molar-refractivity contribution in [2.24, 2.45) is 5.92 Å². The zero-order chi connectivity index (χ0) is 18.0. The summed E-state index contributed by atoms with van der Waals surface area (Å²) in [6, 6.07) is 5.19. The fraction of sp³-hybridized carbons (Fsp3) is 0.579. The molecule has 6 heteroatoms. The van der Waals surface area contributed by atoms with E-state index in [1.165, 1.54) is 11.0 Å². The fourth-order valence-electron chi connectivity index (χ4n) is 3.85. The van der Waals surface area contributed by atoms with Crippen molar-refractivity contribution < 1.29 is 14.0 Å². The van der Waals surface area contributed by atoms with Crippen LogP contribution in [0.25, 0.3) is 0 Å². The van der Waals surface area contributed by atoms with E-state index in [0.717, 1.165) is 31.5 Å². The van der Waals surface area contributed by atoms with Crippen LogP contribution in [0, 0.1) is 18.7 Å². The van der Waals surface area contributed by atoms with Gasteiger partial charge in [-0.1, -0.05) is 13.0 Å². The van der Waals surface area contributed by atoms with E-state index in [9.17, 15) is 14.0 Å². The predicted octanol–water partition coefficient (Wildman–Crippen LogP) is 2.09. The number of amides is 2. The molecule has 0 radical (unpaired) electrons. The Bertz CT molecular complexity index is 664. The number of likely N-dealkylation sites (tertiary alicyclic amines) is 1. The van der Waals surface area contributed by atoms with Crippen LogP contribution in [0.2, 0.25) is 0 Å². The van der Waals surface area contributed by atoms with Crippen LogP contribution in [0.1, 0.15) is 31.7 Å². The third kappa shape index (κ3) is 3.84. The van der Waals surface area contributed by atoms with Gasteiger partial charge in [0.25, 0.3) is 0 Å². The summed E-state index contributed by atoms with van der Waals surface area (Å²) >= 11 is 0. The SMILES string of the molecule is CCN1CCC[C@H]1CNC(=O)[C@@H]1CC(=O)N(c2ccc(C)cc2F)C1. The lowest BCUT2D eigenvalue weighted by Crippen LogP contribution is -2.42. The van der Waals surface area contributed by atoms with Crippen LogP contribution in [0.5, 0.6) is 0 Å². The van der Waals surface area contributed by atoms with Crippen molar-refractivity contribution in [3.05, 3.63) is 29.6 Å². The van der Waals surface area contributed by atoms with Gasteiger partial charge in [0.15, 0.2) is 0 Å². The highest BCUT2D eigenvalue weighted by Crippen LogP contribution is 2.28. The van der Waals surface area contributed by atoms with Crippen molar-refractivity contribution in [2.75, 3.05) is 31.1 Å². The summed E-state index contributed by atoms with van der Waals surface area (Å²) in [5.41, 5.74) is 1.07. The topological polar surface area (TPSA) is 52.7 Å². The van der Waals surface area contributed by atoms with Crippen LogP contribution in [0.3, 0.4) is 0 Å². The number of nitrogens with one attached hydrogen (secondary N) is 1. The first kappa shape index (κ1) is 17.9. The maximum absolute atomic E-state index is 14.1. The highest BCUT2D eigenvalue weighted by atomic mass is 19.1. The molecule has 0 unspecified atom stereocenters. The third-order valence-corrected chi connectivity index (χ3v) is 5.31. The van der Waals surface area contributed by atoms with Gasteiger partial charge in [-0.05, 0) is 50.6 Å². The maximum Gasteiger partial charge on any atom is 0.227 e. The lowest BCUT2D eigenvalue weighted by atomic mass is 10.1. The summed E-state index contributed by atoms with van der Waals surface area (Å²) < 4.78 is 14.1. The fourth-order valence-corrected chi connectivity index (χ4v) is 3.85. The first-order valence-electron chi connectivity index (χ1n) is 9.08. The molecule has 1 N–H and O–H groups in total. The number of carbonyl (C=O) groups is 2. The molecule has 0 bridgehead atoms. The summed E-state index contributed by atoms with van der Waals surface area (Å²) in [5, 5.41) is 2.99. The van der Waals surface area contributed by atoms with Gasteiger partial charge < -0.3 is 10.2 Å². The molecule has 0 aliphatic carbocycles. The molecule has 0 aromatic heterocycles. The number of anilines is 1. The van der Waals surface area contributed by atoms with Gasteiger partial charge in [-0.3, -0.25) is 14.5 Å². The average molecular weight is 347 g/mol. The second-order valence-corrected chi connectivity index (χ2v) is 7.03. The van der Waals surface area contributed by atoms with E-state index >= 15 is 0 Å². The Labute approximate surface area is 148 Å². The Morgan fingerprint density at radius 2 is 2.20 bits per heavy atom. The van der Waals surface area contributed by atoms with Gasteiger partial charge in [-0.2, -0.15) is 0 Å². The molecule has 3 rings (SSSR count). The molecule has 136 valence electrons. The van der Waals surface area contributed by atoms with Crippen LogP contribution in [-0.4, -0.2) is 48.9 Å². The van der Waals surface area contributed by atoms with Crippen LogP contribution in [0.4, 0.5) is 10.1 Å². The molecular formula is C19H26FN3O2. The van der Waals surface area contributed by atoms with E-state index in [1.54, 1.807) is 19.1 Å². The van der Waals surface area contributed by atoms with Gasteiger partial charge in [0.1, 0.15) is 5.82 Å². The minimum absolute atomic E-state index is 0.105. The molecule has 2 atom stereocenters. The highest BCUT2D eigenvalue weighted by Gasteiger charge is 2.36. The van der Waals surface area contributed by atoms with Gasteiger partial charge in [-0.25, -0.2) is 4.39 Å². The van der Waals surface area contributed by atoms with Gasteiger partial charge >= 0.3 is 0 Å². The molecule has 5 nitrogen and oxygen atoms in total. The molecule has 2 amide bonds. The monoisotopic (exact) mass is 347 g/mol. The highest BCUT2D eigenvalue weighted by molar-refractivity contribution is 6.00. The van der Waals surface area contributed by atoms with Crippen LogP contribution in [0.15, 0.2) is 18.2 Å². The van der Waals surface area contributed by atoms with Crippen LogP contribution >= 0.6 is 0 Å². The minimum Gasteiger partial charge on any atom is -0.354 e. The molecule has 1 aromatic carbocycles. The molecule has 0 spiro atoms. The van der Waals surface area contributed by atoms with Crippen molar-refractivity contribution >= 4 is 17.5 Å². The van der Waals surface area contributed by atoms with Crippen LogP contribution < -0.4 is 10.2 Å². The number of aryl methyl sites for hydroxylation is 1. The number of nitrogens with zero attached hydrogens (tertiary/aromatic N) is 2. The number of benzene rings is 1. The number of likely N-dealkylation sites (N-methyl/N-ethyl adjacent to an activating group) is 1. The van der Waals surface area contributed by atoms with Crippen molar-refractivity contribution in [1.82, 2.24) is 10.2 Å². The van der Waals surface area contributed by atoms with Gasteiger partial charge in [-0.15, -0.1) is 0 Å². The Morgan fingerprint density at radius 3 is 2.92 bits per heavy atom. The third-order valence-electron chi connectivity index (χ3n) is 5.31. The first-order valence-corrected chi connectivity index (χ1v) is 9.08. The zero-order valence-electron chi connectivity index (χ0n) is 14.9. The van der Waals surface area contributed by atoms with E-state index in [0.29, 0.717) is 12.6 Å². The minimum atomic E-state index is -0.418. The number of hydrogen-bond donors (Lipinski definition) is 1. The molecule has 0 saturated carbocycles. The largest absolute Gasteiger partial charge is 0.354 e. The summed E-state index contributed by atoms with van der Waals surface area (Å²) in [5.74, 6) is -1.13. The predicted molar refractivity (Wildman–Crippen MR) is 94.9 cm³/mol. The Balaban J connectivity index is 1.59. The van der Waals surface area contributed by atoms with E-state index < -0.39 is 11.7 Å². The average Bonchev–Trinajstić information content (AvgIpc) is 3.19. The lowest BCUT2D eigenvalue weighted by Gasteiger charge is -2.23. The van der Waals surface area contributed by atoms with Crippen molar-refractivity contribution in [2.45, 2.75) is 39.2 Å². The van der Waals surface area contributed by atoms with Gasteiger partial charge in [0, 0.05) is 25.6 Å². The molecular weight excluding hydrogens is 321 g/mol. The molecule has 2 aliphatic heterocycles. The number of rotatable bonds is 5. The number of carbonyl (C=O) groups excluding carboxylic acids is 2. The van der Waals surface area contributed by atoms with Crippen molar-refractivity contribution in [3.63, 3.8) is 0 Å². The van der Waals surface area contributed by atoms with Gasteiger partial charge in [0.05, 0.1) is 11.6 Å². The first-order chi connectivity index (χ1) is 12.0. The Kier molecular flexibility index (Phi) is 5.37. The Hall–Kier alpha value is -1.95. The zero-order valence-corrected chi connectivity index (χ0v) is 14.9. The number of hydrogen-bond acceptors (Lipinski definition) is 3. The molecule has 2 fully saturated rings. The normalized spacial score (nSPS) is 24.1. The molecule has 25 heavy (non-hydrogen) atoms. The standard InChI is InChI=1S/C19H26FN3O2/c1-3-22-8-4-5-15(22)11-21-19(25)14-10-18(24)23(12-14)17-7-6-13(2)9-16(17)20/h6-7,9,14-15H,3-5,8,10-12H2,1-2H3,(H,21,25)/t14-,15+/m1/s1. The second-order valence-electron chi connectivity index (χ2n) is 7.03. The van der Waals surface area contributed by atoms with E-state index in [4.69, 9.17) is 0 Å². The maximum atomic E-state index is 14.1. The molecule has 2 heterocycles. The molecule has 2 aliphatic rings. The summed E-state index contributed by atoms with van der Waals surface area (Å²) in [7, 11) is 0. The molecule has 2 saturated heterocycles. The molecule has 1 aromatic rings. The van der Waals surface area contributed by atoms with Crippen molar-refractivity contribution in [3.8, 4) is 0 Å². The van der Waals surface area contributed by atoms with Crippen molar-refractivity contribution in [1.29, 1.82) is 0 Å². The van der Waals surface area contributed by atoms with Crippen LogP contribution in [-0.2, 0) is 9.59 Å². The summed E-state index contributed by atoms with van der Waals surface area (Å²) in [4.78, 5) is 28.5. The second kappa shape index (κ2) is 7.52. The summed E-state index contributed by atoms with van der Waals surface area (Å²) in [6.45, 7) is 6.87. The lowest BCUT2D eigenvalue weighted by molar-refractivity contribution is -0.126. The van der Waals surface area contributed by atoms with Gasteiger partial charge in [0.2, 0.25) is 11.8 Å². The van der Waals surface area contributed by atoms with E-state index in [2.05, 4.69) is 17.1 Å². The quantitative estimate of drug-likeness (QED) is 0.887. The smallest absolute Gasteiger partial charge is 0.227 e. The Morgan fingerprint density at radius 1 is 1.40 bits per heavy atom. The van der Waals surface area contributed by atoms with E-state index in [-0.39, 0.29) is 30.5 Å².